The molecule has 8 nitrogen and oxygen atoms in total. The lowest BCUT2D eigenvalue weighted by molar-refractivity contribution is -0.186. The minimum Gasteiger partial charge on any atom is -0.491 e. The predicted molar refractivity (Wildman–Crippen MR) is 119 cm³/mol. The summed E-state index contributed by atoms with van der Waals surface area (Å²) in [6.45, 7) is 3.71. The van der Waals surface area contributed by atoms with Gasteiger partial charge in [-0.2, -0.15) is 0 Å². The molecule has 0 saturated carbocycles. The quantitative estimate of drug-likeness (QED) is 0.630. The minimum atomic E-state index is -0.474. The van der Waals surface area contributed by atoms with Gasteiger partial charge in [0.05, 0.1) is 30.2 Å². The van der Waals surface area contributed by atoms with Crippen molar-refractivity contribution in [3.63, 3.8) is 0 Å². The van der Waals surface area contributed by atoms with Crippen LogP contribution in [0, 0.1) is 0 Å². The van der Waals surface area contributed by atoms with E-state index < -0.39 is 5.41 Å². The van der Waals surface area contributed by atoms with Crippen molar-refractivity contribution in [1.29, 1.82) is 0 Å². The molecule has 170 valence electrons. The number of benzene rings is 2. The molecule has 2 aromatic carbocycles. The number of ether oxygens (including phenoxy) is 3. The summed E-state index contributed by atoms with van der Waals surface area (Å²) in [6, 6.07) is 13.2. The number of carbonyl (C=O) groups is 2. The maximum Gasteiger partial charge on any atom is 0.254 e. The summed E-state index contributed by atoms with van der Waals surface area (Å²) in [5.74, 6) is -0.0473. The molecule has 0 aliphatic carbocycles. The summed E-state index contributed by atoms with van der Waals surface area (Å²) < 4.78 is 17.0. The Kier molecular flexibility index (Phi) is 6.45. The summed E-state index contributed by atoms with van der Waals surface area (Å²) in [5.41, 5.74) is 7.91. The van der Waals surface area contributed by atoms with Crippen LogP contribution in [-0.4, -0.2) is 57.6 Å². The van der Waals surface area contributed by atoms with E-state index in [0.717, 1.165) is 11.1 Å². The van der Waals surface area contributed by atoms with Gasteiger partial charge >= 0.3 is 0 Å². The molecule has 8 heteroatoms. The SMILES string of the molecule is CNC(=O)c1cc(C(=O)NCC[C@H]2OC[C@H](N)CO2)cc2c1OC[C@@]2(C)c1ccccc1. The van der Waals surface area contributed by atoms with E-state index in [2.05, 4.69) is 17.6 Å². The van der Waals surface area contributed by atoms with Gasteiger partial charge in [-0.15, -0.1) is 0 Å². The van der Waals surface area contributed by atoms with E-state index in [1.807, 2.05) is 36.4 Å². The summed E-state index contributed by atoms with van der Waals surface area (Å²) in [7, 11) is 1.56. The average Bonchev–Trinajstić information content (AvgIpc) is 3.17. The van der Waals surface area contributed by atoms with Crippen molar-refractivity contribution >= 4 is 11.8 Å². The number of amides is 2. The van der Waals surface area contributed by atoms with Crippen LogP contribution in [0.3, 0.4) is 0 Å². The van der Waals surface area contributed by atoms with Gasteiger partial charge in [0.1, 0.15) is 12.4 Å². The maximum atomic E-state index is 13.0. The molecule has 4 rings (SSSR count). The van der Waals surface area contributed by atoms with Crippen molar-refractivity contribution in [2.75, 3.05) is 33.4 Å². The average molecular weight is 440 g/mol. The Labute approximate surface area is 187 Å². The Hall–Kier alpha value is -2.94. The molecule has 2 aromatic rings. The molecule has 32 heavy (non-hydrogen) atoms. The van der Waals surface area contributed by atoms with Crippen LogP contribution in [0.1, 0.15) is 45.2 Å². The topological polar surface area (TPSA) is 112 Å². The van der Waals surface area contributed by atoms with Crippen LogP contribution >= 0.6 is 0 Å². The first kappa shape index (κ1) is 22.3. The van der Waals surface area contributed by atoms with Crippen LogP contribution < -0.4 is 21.1 Å². The second-order valence-corrected chi connectivity index (χ2v) is 8.37. The fourth-order valence-electron chi connectivity index (χ4n) is 4.10. The number of hydrogen-bond acceptors (Lipinski definition) is 6. The Morgan fingerprint density at radius 1 is 1.12 bits per heavy atom. The number of rotatable bonds is 6. The normalized spacial score (nSPS) is 24.3. The molecule has 0 unspecified atom stereocenters. The highest BCUT2D eigenvalue weighted by atomic mass is 16.7. The number of carbonyl (C=O) groups excluding carboxylic acids is 2. The molecule has 0 spiro atoms. The zero-order chi connectivity index (χ0) is 22.7. The highest BCUT2D eigenvalue weighted by Crippen LogP contribution is 2.45. The van der Waals surface area contributed by atoms with Gasteiger partial charge in [0, 0.05) is 31.1 Å². The summed E-state index contributed by atoms with van der Waals surface area (Å²) >= 11 is 0. The third-order valence-corrected chi connectivity index (χ3v) is 5.99. The van der Waals surface area contributed by atoms with Crippen molar-refractivity contribution in [2.24, 2.45) is 5.73 Å². The van der Waals surface area contributed by atoms with Crippen molar-refractivity contribution in [1.82, 2.24) is 10.6 Å². The maximum absolute atomic E-state index is 13.0. The molecule has 0 bridgehead atoms. The molecule has 2 aliphatic heterocycles. The minimum absolute atomic E-state index is 0.114. The first-order valence-corrected chi connectivity index (χ1v) is 10.8. The molecular formula is C24H29N3O5. The van der Waals surface area contributed by atoms with E-state index in [0.29, 0.717) is 49.7 Å². The molecule has 2 heterocycles. The highest BCUT2D eigenvalue weighted by Gasteiger charge is 2.40. The van der Waals surface area contributed by atoms with Crippen LogP contribution in [0.25, 0.3) is 0 Å². The molecule has 4 N–H and O–H groups in total. The van der Waals surface area contributed by atoms with Crippen molar-refractivity contribution in [3.8, 4) is 5.75 Å². The van der Waals surface area contributed by atoms with E-state index in [9.17, 15) is 9.59 Å². The molecule has 0 radical (unpaired) electrons. The van der Waals surface area contributed by atoms with E-state index in [1.165, 1.54) is 0 Å². The number of hydrogen-bond donors (Lipinski definition) is 3. The standard InChI is InChI=1S/C24H29N3O5/c1-24(16-6-4-3-5-7-16)14-32-21-18(23(29)26-2)10-15(11-19(21)24)22(28)27-9-8-20-30-12-17(25)13-31-20/h3-7,10-11,17,20H,8-9,12-14,25H2,1-2H3,(H,26,29)(H,27,28)/t17-,20-,24-/m0/s1. The first-order chi connectivity index (χ1) is 15.4. The molecular weight excluding hydrogens is 410 g/mol. The van der Waals surface area contributed by atoms with Gasteiger partial charge in [-0.25, -0.2) is 0 Å². The van der Waals surface area contributed by atoms with Crippen LogP contribution in [0.5, 0.6) is 5.75 Å². The monoisotopic (exact) mass is 439 g/mol. The van der Waals surface area contributed by atoms with Gasteiger partial charge < -0.3 is 30.6 Å². The van der Waals surface area contributed by atoms with E-state index >= 15 is 0 Å². The van der Waals surface area contributed by atoms with E-state index in [-0.39, 0.29) is 24.1 Å². The number of nitrogens with two attached hydrogens (primary N) is 1. The zero-order valence-corrected chi connectivity index (χ0v) is 18.4. The molecule has 2 aliphatic rings. The predicted octanol–water partition coefficient (Wildman–Crippen LogP) is 1.56. The molecule has 1 fully saturated rings. The van der Waals surface area contributed by atoms with Gasteiger partial charge in [-0.1, -0.05) is 30.3 Å². The zero-order valence-electron chi connectivity index (χ0n) is 18.4. The fourth-order valence-corrected chi connectivity index (χ4v) is 4.10. The van der Waals surface area contributed by atoms with Crippen LogP contribution in [0.15, 0.2) is 42.5 Å². The number of nitrogens with one attached hydrogen (secondary N) is 2. The van der Waals surface area contributed by atoms with Crippen molar-refractivity contribution in [2.45, 2.75) is 31.1 Å². The fraction of sp³-hybridized carbons (Fsp3) is 0.417. The lowest BCUT2D eigenvalue weighted by Crippen LogP contribution is -2.42. The van der Waals surface area contributed by atoms with E-state index in [4.69, 9.17) is 19.9 Å². The van der Waals surface area contributed by atoms with E-state index in [1.54, 1.807) is 13.1 Å². The third kappa shape index (κ3) is 4.34. The van der Waals surface area contributed by atoms with Crippen molar-refractivity contribution in [3.05, 3.63) is 64.7 Å². The molecule has 1 atom stereocenters. The lowest BCUT2D eigenvalue weighted by atomic mass is 9.77. The Balaban J connectivity index is 1.57. The van der Waals surface area contributed by atoms with Gasteiger partial charge in [0.2, 0.25) is 0 Å². The van der Waals surface area contributed by atoms with Gasteiger partial charge in [0.25, 0.3) is 11.8 Å². The van der Waals surface area contributed by atoms with Gasteiger partial charge in [-0.05, 0) is 24.6 Å². The summed E-state index contributed by atoms with van der Waals surface area (Å²) in [4.78, 5) is 25.5. The van der Waals surface area contributed by atoms with Crippen LogP contribution in [0.4, 0.5) is 0 Å². The second-order valence-electron chi connectivity index (χ2n) is 8.37. The second kappa shape index (κ2) is 9.28. The number of fused-ring (bicyclic) bond motifs is 1. The highest BCUT2D eigenvalue weighted by molar-refractivity contribution is 6.02. The smallest absolute Gasteiger partial charge is 0.254 e. The first-order valence-electron chi connectivity index (χ1n) is 10.8. The Morgan fingerprint density at radius 2 is 1.84 bits per heavy atom. The van der Waals surface area contributed by atoms with Gasteiger partial charge in [0.15, 0.2) is 6.29 Å². The summed E-state index contributed by atoms with van der Waals surface area (Å²) in [6.07, 6.45) is 0.127. The van der Waals surface area contributed by atoms with Crippen LogP contribution in [0.2, 0.25) is 0 Å². The molecule has 2 amide bonds. The van der Waals surface area contributed by atoms with Gasteiger partial charge in [-0.3, -0.25) is 9.59 Å². The van der Waals surface area contributed by atoms with Crippen LogP contribution in [-0.2, 0) is 14.9 Å². The largest absolute Gasteiger partial charge is 0.491 e. The molecule has 1 saturated heterocycles. The third-order valence-electron chi connectivity index (χ3n) is 5.99. The Bertz CT molecular complexity index is 989. The molecule has 0 aromatic heterocycles. The summed E-state index contributed by atoms with van der Waals surface area (Å²) in [5, 5.41) is 5.54. The Morgan fingerprint density at radius 3 is 2.53 bits per heavy atom. The van der Waals surface area contributed by atoms with Crippen molar-refractivity contribution < 1.29 is 23.8 Å². The lowest BCUT2D eigenvalue weighted by Gasteiger charge is -2.27.